The summed E-state index contributed by atoms with van der Waals surface area (Å²) in [5.74, 6) is 1.77. The van der Waals surface area contributed by atoms with Crippen molar-refractivity contribution < 1.29 is 18.7 Å². The van der Waals surface area contributed by atoms with Gasteiger partial charge in [-0.25, -0.2) is 14.4 Å². The Morgan fingerprint density at radius 2 is 2.06 bits per heavy atom. The molecule has 2 aromatic heterocycles. The zero-order chi connectivity index (χ0) is 24.4. The Labute approximate surface area is 206 Å². The molecule has 9 heteroatoms. The van der Waals surface area contributed by atoms with Crippen LogP contribution in [0.15, 0.2) is 42.7 Å². The topological polar surface area (TPSA) is 76.6 Å². The maximum Gasteiger partial charge on any atom is 0.224 e. The van der Waals surface area contributed by atoms with Crippen molar-refractivity contribution in [1.29, 1.82) is 0 Å². The largest absolute Gasteiger partial charge is 0.493 e. The summed E-state index contributed by atoms with van der Waals surface area (Å²) in [7, 11) is 3.22. The lowest BCUT2D eigenvalue weighted by molar-refractivity contribution is -0.125. The smallest absolute Gasteiger partial charge is 0.224 e. The van der Waals surface area contributed by atoms with Crippen LogP contribution in [0.25, 0.3) is 20.3 Å². The average molecular weight is 495 g/mol. The van der Waals surface area contributed by atoms with E-state index in [2.05, 4.69) is 20.2 Å². The van der Waals surface area contributed by atoms with Crippen molar-refractivity contribution in [3.8, 4) is 11.5 Å². The van der Waals surface area contributed by atoms with E-state index in [0.717, 1.165) is 40.2 Å². The van der Waals surface area contributed by atoms with Crippen LogP contribution in [0.3, 0.4) is 0 Å². The van der Waals surface area contributed by atoms with Crippen LogP contribution in [0, 0.1) is 11.7 Å². The number of anilines is 1. The number of methoxy groups -OCH3 is 2. The molecule has 0 saturated carbocycles. The number of rotatable bonds is 7. The molecule has 1 saturated heterocycles. The highest BCUT2D eigenvalue weighted by molar-refractivity contribution is 7.26. The Bertz CT molecular complexity index is 1380. The van der Waals surface area contributed by atoms with E-state index in [4.69, 9.17) is 9.47 Å². The Morgan fingerprint density at radius 1 is 1.20 bits per heavy atom. The molecule has 35 heavy (non-hydrogen) atoms. The number of nitrogens with zero attached hydrogens (tertiary/aromatic N) is 3. The fourth-order valence-corrected chi connectivity index (χ4v) is 5.87. The molecular weight excluding hydrogens is 467 g/mol. The van der Waals surface area contributed by atoms with Gasteiger partial charge in [0.1, 0.15) is 18.0 Å². The number of nitrogens with one attached hydrogen (secondary N) is 1. The highest BCUT2D eigenvalue weighted by Crippen LogP contribution is 2.39. The second-order valence-corrected chi connectivity index (χ2v) is 9.66. The number of benzene rings is 2. The summed E-state index contributed by atoms with van der Waals surface area (Å²) in [5.41, 5.74) is 1.70. The summed E-state index contributed by atoms with van der Waals surface area (Å²) >= 11 is 1.50. The fraction of sp³-hybridized carbons (Fsp3) is 0.346. The normalized spacial score (nSPS) is 16.0. The van der Waals surface area contributed by atoms with E-state index in [1.54, 1.807) is 20.3 Å². The number of ether oxygens (including phenoxy) is 2. The third-order valence-electron chi connectivity index (χ3n) is 6.46. The number of aromatic nitrogens is 2. The minimum absolute atomic E-state index is 0.0443. The first-order valence-electron chi connectivity index (χ1n) is 11.6. The van der Waals surface area contributed by atoms with E-state index >= 15 is 0 Å². The molecule has 3 heterocycles. The number of fused-ring (bicyclic) bond motifs is 3. The second kappa shape index (κ2) is 10.0. The fourth-order valence-electron chi connectivity index (χ4n) is 4.68. The molecule has 1 amide bonds. The minimum Gasteiger partial charge on any atom is -0.493 e. The van der Waals surface area contributed by atoms with Crippen molar-refractivity contribution in [3.05, 3.63) is 54.1 Å². The molecule has 1 aliphatic rings. The predicted molar refractivity (Wildman–Crippen MR) is 136 cm³/mol. The molecule has 2 aromatic carbocycles. The number of halogens is 1. The van der Waals surface area contributed by atoms with Gasteiger partial charge in [-0.1, -0.05) is 12.1 Å². The van der Waals surface area contributed by atoms with Crippen molar-refractivity contribution in [2.75, 3.05) is 38.8 Å². The van der Waals surface area contributed by atoms with Gasteiger partial charge in [0.15, 0.2) is 11.5 Å². The summed E-state index contributed by atoms with van der Waals surface area (Å²) in [6, 6.07) is 10.9. The Kier molecular flexibility index (Phi) is 6.68. The number of carbonyl (C=O) groups is 1. The van der Waals surface area contributed by atoms with E-state index in [1.165, 1.54) is 23.7 Å². The molecule has 0 aliphatic carbocycles. The summed E-state index contributed by atoms with van der Waals surface area (Å²) in [6.45, 7) is 1.92. The monoisotopic (exact) mass is 494 g/mol. The van der Waals surface area contributed by atoms with Crippen LogP contribution < -0.4 is 19.7 Å². The van der Waals surface area contributed by atoms with E-state index in [0.29, 0.717) is 41.9 Å². The predicted octanol–water partition coefficient (Wildman–Crippen LogP) is 4.58. The molecule has 1 N–H and O–H groups in total. The standard InChI is InChI=1S/C26H27FN4O3S/c1-33-19-9-8-16(13-20(19)34-2)10-11-28-26(32)17-5-4-12-31(14-17)25-24-23(29-15-30-25)22-18(27)6-3-7-21(22)35-24/h3,6-9,13,15,17H,4-5,10-12,14H2,1-2H3,(H,28,32)/t17-/m1/s1. The van der Waals surface area contributed by atoms with Crippen LogP contribution in [-0.4, -0.2) is 49.7 Å². The number of thiophene rings is 1. The molecule has 5 rings (SSSR count). The molecule has 0 unspecified atom stereocenters. The van der Waals surface area contributed by atoms with Crippen molar-refractivity contribution in [2.24, 2.45) is 5.92 Å². The molecule has 182 valence electrons. The van der Waals surface area contributed by atoms with Gasteiger partial charge >= 0.3 is 0 Å². The molecule has 4 aromatic rings. The lowest BCUT2D eigenvalue weighted by Gasteiger charge is -2.33. The van der Waals surface area contributed by atoms with E-state index in [1.807, 2.05) is 24.3 Å². The first-order valence-corrected chi connectivity index (χ1v) is 12.5. The van der Waals surface area contributed by atoms with Crippen LogP contribution in [0.2, 0.25) is 0 Å². The van der Waals surface area contributed by atoms with Crippen LogP contribution in [0.5, 0.6) is 11.5 Å². The van der Waals surface area contributed by atoms with Gasteiger partial charge in [-0.05, 0) is 49.1 Å². The lowest BCUT2D eigenvalue weighted by atomic mass is 9.97. The average Bonchev–Trinajstić information content (AvgIpc) is 3.28. The van der Waals surface area contributed by atoms with Gasteiger partial charge in [-0.3, -0.25) is 4.79 Å². The molecular formula is C26H27FN4O3S. The van der Waals surface area contributed by atoms with Crippen molar-refractivity contribution in [3.63, 3.8) is 0 Å². The van der Waals surface area contributed by atoms with Crippen molar-refractivity contribution in [1.82, 2.24) is 15.3 Å². The van der Waals surface area contributed by atoms with Crippen LogP contribution in [0.1, 0.15) is 18.4 Å². The van der Waals surface area contributed by atoms with Gasteiger partial charge in [0.05, 0.1) is 35.7 Å². The first kappa shape index (κ1) is 23.3. The number of hydrogen-bond donors (Lipinski definition) is 1. The third kappa shape index (κ3) is 4.60. The number of amides is 1. The first-order chi connectivity index (χ1) is 17.1. The SMILES string of the molecule is COc1ccc(CCNC(=O)[C@@H]2CCCN(c3ncnc4c3sc3cccc(F)c34)C2)cc1OC. The molecule has 1 aliphatic heterocycles. The van der Waals surface area contributed by atoms with E-state index in [-0.39, 0.29) is 17.6 Å². The summed E-state index contributed by atoms with van der Waals surface area (Å²) in [5, 5.41) is 3.63. The molecule has 7 nitrogen and oxygen atoms in total. The quantitative estimate of drug-likeness (QED) is 0.405. The Morgan fingerprint density at radius 3 is 2.89 bits per heavy atom. The second-order valence-electron chi connectivity index (χ2n) is 8.61. The molecule has 0 radical (unpaired) electrons. The summed E-state index contributed by atoms with van der Waals surface area (Å²) in [6.07, 6.45) is 3.90. The number of piperidine rings is 1. The minimum atomic E-state index is -0.274. The van der Waals surface area contributed by atoms with Gasteiger partial charge in [-0.2, -0.15) is 0 Å². The Balaban J connectivity index is 1.26. The summed E-state index contributed by atoms with van der Waals surface area (Å²) < 4.78 is 26.8. The van der Waals surface area contributed by atoms with Crippen molar-refractivity contribution in [2.45, 2.75) is 19.3 Å². The highest BCUT2D eigenvalue weighted by Gasteiger charge is 2.28. The van der Waals surface area contributed by atoms with Crippen molar-refractivity contribution >= 4 is 43.4 Å². The number of carbonyl (C=O) groups excluding carboxylic acids is 1. The van der Waals surface area contributed by atoms with Gasteiger partial charge in [0.2, 0.25) is 5.91 Å². The zero-order valence-corrected chi connectivity index (χ0v) is 20.5. The maximum atomic E-state index is 14.5. The highest BCUT2D eigenvalue weighted by atomic mass is 32.1. The zero-order valence-electron chi connectivity index (χ0n) is 19.7. The van der Waals surface area contributed by atoms with Crippen LogP contribution >= 0.6 is 11.3 Å². The van der Waals surface area contributed by atoms with E-state index < -0.39 is 0 Å². The lowest BCUT2D eigenvalue weighted by Crippen LogP contribution is -2.43. The Hall–Kier alpha value is -3.46. The van der Waals surface area contributed by atoms with Gasteiger partial charge < -0.3 is 19.7 Å². The van der Waals surface area contributed by atoms with Crippen LogP contribution in [-0.2, 0) is 11.2 Å². The third-order valence-corrected chi connectivity index (χ3v) is 7.60. The summed E-state index contributed by atoms with van der Waals surface area (Å²) in [4.78, 5) is 24.0. The van der Waals surface area contributed by atoms with E-state index in [9.17, 15) is 9.18 Å². The van der Waals surface area contributed by atoms with Gasteiger partial charge in [-0.15, -0.1) is 11.3 Å². The molecule has 1 fully saturated rings. The molecule has 0 bridgehead atoms. The number of hydrogen-bond acceptors (Lipinski definition) is 7. The maximum absolute atomic E-state index is 14.5. The van der Waals surface area contributed by atoms with Gasteiger partial charge in [0, 0.05) is 24.3 Å². The van der Waals surface area contributed by atoms with Gasteiger partial charge in [0.25, 0.3) is 0 Å². The van der Waals surface area contributed by atoms with Crippen LogP contribution in [0.4, 0.5) is 10.2 Å². The molecule has 0 spiro atoms. The molecule has 1 atom stereocenters.